The lowest BCUT2D eigenvalue weighted by Crippen LogP contribution is -2.14. The van der Waals surface area contributed by atoms with Gasteiger partial charge in [0.15, 0.2) is 5.78 Å². The number of hydrogen-bond acceptors (Lipinski definition) is 6. The summed E-state index contributed by atoms with van der Waals surface area (Å²) in [6.45, 7) is 1.51. The number of ketones is 1. The lowest BCUT2D eigenvalue weighted by molar-refractivity contribution is 0.101. The Morgan fingerprint density at radius 3 is 2.15 bits per heavy atom. The Morgan fingerprint density at radius 1 is 0.926 bits per heavy atom. The fourth-order valence-electron chi connectivity index (χ4n) is 2.27. The third-order valence-electron chi connectivity index (χ3n) is 3.72. The van der Waals surface area contributed by atoms with Gasteiger partial charge in [0.1, 0.15) is 11.5 Å². The molecule has 3 aromatic rings. The Kier molecular flexibility index (Phi) is 5.19. The van der Waals surface area contributed by atoms with Gasteiger partial charge in [-0.25, -0.2) is 9.97 Å². The first-order valence-electron chi connectivity index (χ1n) is 8.07. The zero-order chi connectivity index (χ0) is 19.2. The van der Waals surface area contributed by atoms with Gasteiger partial charge in [-0.2, -0.15) is 5.26 Å². The van der Waals surface area contributed by atoms with Crippen LogP contribution in [0.1, 0.15) is 33.3 Å². The van der Waals surface area contributed by atoms with E-state index in [1.54, 1.807) is 48.5 Å². The first kappa shape index (κ1) is 17.8. The van der Waals surface area contributed by atoms with Crippen LogP contribution in [0.25, 0.3) is 0 Å². The smallest absolute Gasteiger partial charge is 0.275 e. The van der Waals surface area contributed by atoms with Crippen molar-refractivity contribution in [1.82, 2.24) is 9.97 Å². The summed E-state index contributed by atoms with van der Waals surface area (Å²) in [7, 11) is 0. The second-order valence-corrected chi connectivity index (χ2v) is 5.69. The molecule has 0 spiro atoms. The van der Waals surface area contributed by atoms with E-state index in [1.165, 1.54) is 19.3 Å². The predicted octanol–water partition coefficient (Wildman–Crippen LogP) is 3.55. The number of aromatic nitrogens is 2. The molecule has 0 fully saturated rings. The van der Waals surface area contributed by atoms with Crippen molar-refractivity contribution in [3.05, 3.63) is 77.7 Å². The van der Waals surface area contributed by atoms with Crippen LogP contribution in [0.5, 0.6) is 0 Å². The number of carbonyl (C=O) groups excluding carboxylic acids is 2. The van der Waals surface area contributed by atoms with Gasteiger partial charge in [-0.1, -0.05) is 0 Å². The quantitative estimate of drug-likeness (QED) is 0.676. The number of carbonyl (C=O) groups is 2. The topological polar surface area (TPSA) is 108 Å². The monoisotopic (exact) mass is 357 g/mol. The number of Topliss-reactive ketones (excluding diaryl/α,β-unsaturated/α-hetero) is 1. The van der Waals surface area contributed by atoms with Gasteiger partial charge >= 0.3 is 0 Å². The standard InChI is InChI=1S/C20H15N5O2/c1-13(26)15-4-8-16(9-5-15)24-19-12-22-18(11-23-19)20(27)25-17-6-2-14(10-21)3-7-17/h2-9,11-12H,1H3,(H,23,24)(H,25,27). The third kappa shape index (κ3) is 4.52. The van der Waals surface area contributed by atoms with Crippen molar-refractivity contribution in [3.8, 4) is 6.07 Å². The molecule has 0 aliphatic heterocycles. The molecule has 0 aliphatic carbocycles. The molecule has 2 aromatic carbocycles. The molecule has 0 atom stereocenters. The minimum atomic E-state index is -0.399. The summed E-state index contributed by atoms with van der Waals surface area (Å²) < 4.78 is 0. The van der Waals surface area contributed by atoms with Gasteiger partial charge in [0, 0.05) is 16.9 Å². The Bertz CT molecular complexity index is 1000. The Hall–Kier alpha value is -4.05. The van der Waals surface area contributed by atoms with E-state index >= 15 is 0 Å². The molecule has 27 heavy (non-hydrogen) atoms. The van der Waals surface area contributed by atoms with Crippen molar-refractivity contribution in [2.45, 2.75) is 6.92 Å². The lowest BCUT2D eigenvalue weighted by atomic mass is 10.1. The summed E-state index contributed by atoms with van der Waals surface area (Å²) in [5.74, 6) is 0.0732. The van der Waals surface area contributed by atoms with Crippen LogP contribution in [0, 0.1) is 11.3 Å². The maximum Gasteiger partial charge on any atom is 0.275 e. The third-order valence-corrected chi connectivity index (χ3v) is 3.72. The zero-order valence-corrected chi connectivity index (χ0v) is 14.4. The number of nitrogens with one attached hydrogen (secondary N) is 2. The van der Waals surface area contributed by atoms with Gasteiger partial charge in [-0.15, -0.1) is 0 Å². The van der Waals surface area contributed by atoms with Crippen LogP contribution in [0.3, 0.4) is 0 Å². The van der Waals surface area contributed by atoms with E-state index < -0.39 is 5.91 Å². The van der Waals surface area contributed by atoms with Crippen molar-refractivity contribution in [1.29, 1.82) is 5.26 Å². The molecule has 7 heteroatoms. The highest BCUT2D eigenvalue weighted by atomic mass is 16.2. The first-order valence-corrected chi connectivity index (χ1v) is 8.07. The molecule has 7 nitrogen and oxygen atoms in total. The van der Waals surface area contributed by atoms with Crippen molar-refractivity contribution >= 4 is 28.9 Å². The minimum Gasteiger partial charge on any atom is -0.339 e. The molecule has 0 bridgehead atoms. The lowest BCUT2D eigenvalue weighted by Gasteiger charge is -2.07. The fraction of sp³-hybridized carbons (Fsp3) is 0.0500. The van der Waals surface area contributed by atoms with Crippen molar-refractivity contribution < 1.29 is 9.59 Å². The fourth-order valence-corrected chi connectivity index (χ4v) is 2.27. The molecule has 132 valence electrons. The van der Waals surface area contributed by atoms with Crippen LogP contribution < -0.4 is 10.6 Å². The second-order valence-electron chi connectivity index (χ2n) is 5.69. The van der Waals surface area contributed by atoms with Crippen LogP contribution >= 0.6 is 0 Å². The Morgan fingerprint density at radius 2 is 1.59 bits per heavy atom. The summed E-state index contributed by atoms with van der Waals surface area (Å²) in [5, 5.41) is 14.5. The number of rotatable bonds is 5. The highest BCUT2D eigenvalue weighted by Crippen LogP contribution is 2.15. The Labute approximate surface area is 155 Å². The van der Waals surface area contributed by atoms with Gasteiger partial charge in [0.25, 0.3) is 5.91 Å². The van der Waals surface area contributed by atoms with Crippen LogP contribution in [0.4, 0.5) is 17.2 Å². The molecule has 1 heterocycles. The van der Waals surface area contributed by atoms with E-state index in [-0.39, 0.29) is 11.5 Å². The Balaban J connectivity index is 1.64. The summed E-state index contributed by atoms with van der Waals surface area (Å²) in [4.78, 5) is 31.8. The number of benzene rings is 2. The van der Waals surface area contributed by atoms with E-state index in [4.69, 9.17) is 5.26 Å². The minimum absolute atomic E-state index is 0.000953. The molecular weight excluding hydrogens is 342 g/mol. The molecule has 3 rings (SSSR count). The maximum absolute atomic E-state index is 12.2. The molecule has 1 aromatic heterocycles. The molecule has 2 N–H and O–H groups in total. The van der Waals surface area contributed by atoms with E-state index in [0.717, 1.165) is 5.69 Å². The molecule has 1 amide bonds. The van der Waals surface area contributed by atoms with Crippen LogP contribution in [-0.4, -0.2) is 21.7 Å². The van der Waals surface area contributed by atoms with Crippen LogP contribution in [0.2, 0.25) is 0 Å². The van der Waals surface area contributed by atoms with E-state index in [9.17, 15) is 9.59 Å². The average molecular weight is 357 g/mol. The summed E-state index contributed by atoms with van der Waals surface area (Å²) in [6, 6.07) is 15.5. The van der Waals surface area contributed by atoms with Gasteiger partial charge < -0.3 is 10.6 Å². The molecule has 0 radical (unpaired) electrons. The maximum atomic E-state index is 12.2. The molecule has 0 saturated heterocycles. The average Bonchev–Trinajstić information content (AvgIpc) is 2.69. The van der Waals surface area contributed by atoms with Gasteiger partial charge in [-0.05, 0) is 55.5 Å². The SMILES string of the molecule is CC(=O)c1ccc(Nc2cnc(C(=O)Nc3ccc(C#N)cc3)cn2)cc1. The number of anilines is 3. The second kappa shape index (κ2) is 7.89. The summed E-state index contributed by atoms with van der Waals surface area (Å²) in [6.07, 6.45) is 2.82. The van der Waals surface area contributed by atoms with Crippen LogP contribution in [-0.2, 0) is 0 Å². The number of hydrogen-bond donors (Lipinski definition) is 2. The first-order chi connectivity index (χ1) is 13.0. The molecule has 0 aliphatic rings. The molecular formula is C20H15N5O2. The summed E-state index contributed by atoms with van der Waals surface area (Å²) >= 11 is 0. The predicted molar refractivity (Wildman–Crippen MR) is 101 cm³/mol. The number of amides is 1. The zero-order valence-electron chi connectivity index (χ0n) is 14.4. The molecule has 0 unspecified atom stereocenters. The number of nitriles is 1. The van der Waals surface area contributed by atoms with Gasteiger partial charge in [0.05, 0.1) is 24.0 Å². The van der Waals surface area contributed by atoms with Gasteiger partial charge in [-0.3, -0.25) is 9.59 Å². The van der Waals surface area contributed by atoms with E-state index in [1.807, 2.05) is 6.07 Å². The molecule has 0 saturated carbocycles. The van der Waals surface area contributed by atoms with E-state index in [0.29, 0.717) is 22.6 Å². The van der Waals surface area contributed by atoms with Crippen LogP contribution in [0.15, 0.2) is 60.9 Å². The largest absolute Gasteiger partial charge is 0.339 e. The van der Waals surface area contributed by atoms with Crippen molar-refractivity contribution in [2.24, 2.45) is 0 Å². The van der Waals surface area contributed by atoms with Crippen molar-refractivity contribution in [3.63, 3.8) is 0 Å². The highest BCUT2D eigenvalue weighted by Gasteiger charge is 2.09. The normalized spacial score (nSPS) is 9.93. The van der Waals surface area contributed by atoms with E-state index in [2.05, 4.69) is 20.6 Å². The summed E-state index contributed by atoms with van der Waals surface area (Å²) in [5.41, 5.74) is 2.62. The highest BCUT2D eigenvalue weighted by molar-refractivity contribution is 6.02. The van der Waals surface area contributed by atoms with Gasteiger partial charge in [0.2, 0.25) is 0 Å². The van der Waals surface area contributed by atoms with Crippen molar-refractivity contribution in [2.75, 3.05) is 10.6 Å². The number of nitrogens with zero attached hydrogens (tertiary/aromatic N) is 3.